The van der Waals surface area contributed by atoms with Gasteiger partial charge < -0.3 is 15.0 Å². The number of hydrogen-bond acceptors (Lipinski definition) is 3. The lowest BCUT2D eigenvalue weighted by Crippen LogP contribution is -2.58. The van der Waals surface area contributed by atoms with Gasteiger partial charge in [-0.25, -0.2) is 4.39 Å². The number of hydrogen-bond donors (Lipinski definition) is 1. The van der Waals surface area contributed by atoms with Crippen LogP contribution in [0.25, 0.3) is 0 Å². The van der Waals surface area contributed by atoms with Gasteiger partial charge in [-0.05, 0) is 24.5 Å². The number of piperazine rings is 1. The van der Waals surface area contributed by atoms with Gasteiger partial charge in [-0.3, -0.25) is 0 Å². The minimum Gasteiger partial charge on any atom is -0.497 e. The first-order valence-electron chi connectivity index (χ1n) is 7.40. The lowest BCUT2D eigenvalue weighted by atomic mass is 9.97. The van der Waals surface area contributed by atoms with Crippen molar-refractivity contribution in [3.05, 3.63) is 24.0 Å². The Hall–Kier alpha value is -1.29. The second kappa shape index (κ2) is 6.44. The molecule has 2 rings (SSSR count). The van der Waals surface area contributed by atoms with Crippen molar-refractivity contribution in [2.45, 2.75) is 39.3 Å². The predicted molar refractivity (Wildman–Crippen MR) is 81.0 cm³/mol. The molecule has 1 heterocycles. The van der Waals surface area contributed by atoms with Gasteiger partial charge in [0.1, 0.15) is 11.6 Å². The molecule has 0 aromatic heterocycles. The van der Waals surface area contributed by atoms with Gasteiger partial charge in [-0.2, -0.15) is 0 Å². The molecule has 1 fully saturated rings. The molecule has 1 saturated heterocycles. The molecule has 0 amide bonds. The Balaban J connectivity index is 2.30. The van der Waals surface area contributed by atoms with Crippen LogP contribution in [0.3, 0.4) is 0 Å². The Morgan fingerprint density at radius 2 is 2.20 bits per heavy atom. The second-order valence-corrected chi connectivity index (χ2v) is 5.79. The summed E-state index contributed by atoms with van der Waals surface area (Å²) in [5.41, 5.74) is 0.656. The number of rotatable bonds is 4. The fraction of sp³-hybridized carbons (Fsp3) is 0.625. The van der Waals surface area contributed by atoms with Crippen LogP contribution in [0.1, 0.15) is 27.2 Å². The summed E-state index contributed by atoms with van der Waals surface area (Å²) in [6.45, 7) is 8.28. The summed E-state index contributed by atoms with van der Waals surface area (Å²) in [6.07, 6.45) is 0.995. The van der Waals surface area contributed by atoms with Gasteiger partial charge in [0.2, 0.25) is 0 Å². The molecule has 2 unspecified atom stereocenters. The summed E-state index contributed by atoms with van der Waals surface area (Å²) in [5.74, 6) is 1.06. The van der Waals surface area contributed by atoms with Gasteiger partial charge in [-0.1, -0.05) is 20.8 Å². The maximum atomic E-state index is 14.2. The highest BCUT2D eigenvalue weighted by molar-refractivity contribution is 5.53. The topological polar surface area (TPSA) is 24.5 Å². The number of nitrogens with zero attached hydrogens (tertiary/aromatic N) is 1. The van der Waals surface area contributed by atoms with Crippen LogP contribution in [0.5, 0.6) is 5.75 Å². The third kappa shape index (κ3) is 3.06. The maximum absolute atomic E-state index is 14.2. The van der Waals surface area contributed by atoms with Gasteiger partial charge in [0.15, 0.2) is 0 Å². The fourth-order valence-electron chi connectivity index (χ4n) is 2.77. The van der Waals surface area contributed by atoms with Crippen LogP contribution in [-0.2, 0) is 0 Å². The number of halogens is 1. The van der Waals surface area contributed by atoms with E-state index in [0.717, 1.165) is 19.5 Å². The summed E-state index contributed by atoms with van der Waals surface area (Å²) in [5, 5.41) is 3.57. The largest absolute Gasteiger partial charge is 0.497 e. The molecule has 1 aliphatic heterocycles. The first-order valence-corrected chi connectivity index (χ1v) is 7.40. The molecule has 112 valence electrons. The van der Waals surface area contributed by atoms with Gasteiger partial charge in [0.25, 0.3) is 0 Å². The number of methoxy groups -OCH3 is 1. The van der Waals surface area contributed by atoms with E-state index in [1.807, 2.05) is 0 Å². The van der Waals surface area contributed by atoms with Crippen LogP contribution in [0.2, 0.25) is 0 Å². The van der Waals surface area contributed by atoms with E-state index in [0.29, 0.717) is 29.4 Å². The third-order valence-corrected chi connectivity index (χ3v) is 4.19. The van der Waals surface area contributed by atoms with E-state index in [1.54, 1.807) is 19.2 Å². The Bertz CT molecular complexity index is 450. The van der Waals surface area contributed by atoms with E-state index in [-0.39, 0.29) is 5.82 Å². The van der Waals surface area contributed by atoms with Crippen molar-refractivity contribution in [2.24, 2.45) is 5.92 Å². The van der Waals surface area contributed by atoms with E-state index in [2.05, 4.69) is 31.0 Å². The van der Waals surface area contributed by atoms with E-state index in [1.165, 1.54) is 6.07 Å². The van der Waals surface area contributed by atoms with Gasteiger partial charge >= 0.3 is 0 Å². The monoisotopic (exact) mass is 280 g/mol. The van der Waals surface area contributed by atoms with Crippen molar-refractivity contribution in [3.63, 3.8) is 0 Å². The molecule has 0 bridgehead atoms. The molecule has 1 aromatic rings. The molecule has 3 nitrogen and oxygen atoms in total. The summed E-state index contributed by atoms with van der Waals surface area (Å²) in [7, 11) is 1.61. The lowest BCUT2D eigenvalue weighted by Gasteiger charge is -2.43. The molecule has 0 saturated carbocycles. The molecule has 0 aliphatic carbocycles. The highest BCUT2D eigenvalue weighted by Crippen LogP contribution is 2.29. The summed E-state index contributed by atoms with van der Waals surface area (Å²) in [4.78, 5) is 2.19. The zero-order valence-corrected chi connectivity index (χ0v) is 12.8. The summed E-state index contributed by atoms with van der Waals surface area (Å²) in [6, 6.07) is 5.69. The molecule has 0 radical (unpaired) electrons. The Kier molecular flexibility index (Phi) is 4.86. The van der Waals surface area contributed by atoms with Crippen molar-refractivity contribution in [2.75, 3.05) is 25.1 Å². The lowest BCUT2D eigenvalue weighted by molar-refractivity contribution is 0.323. The van der Waals surface area contributed by atoms with E-state index < -0.39 is 0 Å². The number of nitrogens with one attached hydrogen (secondary N) is 1. The van der Waals surface area contributed by atoms with E-state index >= 15 is 0 Å². The van der Waals surface area contributed by atoms with Crippen LogP contribution in [-0.4, -0.2) is 32.3 Å². The SMILES string of the molecule is CCC1CNC(C(C)C)CN1c1cc(OC)ccc1F. The van der Waals surface area contributed by atoms with Crippen molar-refractivity contribution < 1.29 is 9.13 Å². The zero-order chi connectivity index (χ0) is 14.7. The van der Waals surface area contributed by atoms with Crippen molar-refractivity contribution in [1.82, 2.24) is 5.32 Å². The van der Waals surface area contributed by atoms with Crippen LogP contribution >= 0.6 is 0 Å². The molecular formula is C16H25FN2O. The third-order valence-electron chi connectivity index (χ3n) is 4.19. The quantitative estimate of drug-likeness (QED) is 0.917. The highest BCUT2D eigenvalue weighted by atomic mass is 19.1. The minimum atomic E-state index is -0.173. The Morgan fingerprint density at radius 3 is 2.80 bits per heavy atom. The van der Waals surface area contributed by atoms with Gasteiger partial charge in [0.05, 0.1) is 12.8 Å². The van der Waals surface area contributed by atoms with Crippen molar-refractivity contribution >= 4 is 5.69 Å². The molecule has 0 spiro atoms. The first kappa shape index (κ1) is 15.1. The summed E-state index contributed by atoms with van der Waals surface area (Å²) < 4.78 is 19.4. The average molecular weight is 280 g/mol. The fourth-order valence-corrected chi connectivity index (χ4v) is 2.77. The number of benzene rings is 1. The van der Waals surface area contributed by atoms with Crippen LogP contribution in [0.4, 0.5) is 10.1 Å². The van der Waals surface area contributed by atoms with Gasteiger partial charge in [0, 0.05) is 31.2 Å². The standard InChI is InChI=1S/C16H25FN2O/c1-5-12-9-18-15(11(2)3)10-19(12)16-8-13(20-4)6-7-14(16)17/h6-8,11-12,15,18H,5,9-10H2,1-4H3. The number of anilines is 1. The molecule has 1 N–H and O–H groups in total. The number of ether oxygens (including phenoxy) is 1. The molecule has 1 aliphatic rings. The smallest absolute Gasteiger partial charge is 0.146 e. The van der Waals surface area contributed by atoms with E-state index in [9.17, 15) is 4.39 Å². The van der Waals surface area contributed by atoms with Crippen molar-refractivity contribution in [3.8, 4) is 5.75 Å². The zero-order valence-electron chi connectivity index (χ0n) is 12.8. The average Bonchev–Trinajstić information content (AvgIpc) is 2.47. The van der Waals surface area contributed by atoms with E-state index in [4.69, 9.17) is 4.74 Å². The molecule has 2 atom stereocenters. The predicted octanol–water partition coefficient (Wildman–Crippen LogP) is 3.05. The van der Waals surface area contributed by atoms with Gasteiger partial charge in [-0.15, -0.1) is 0 Å². The Labute approximate surface area is 121 Å². The highest BCUT2D eigenvalue weighted by Gasteiger charge is 2.30. The maximum Gasteiger partial charge on any atom is 0.146 e. The van der Waals surface area contributed by atoms with Crippen LogP contribution in [0, 0.1) is 11.7 Å². The minimum absolute atomic E-state index is 0.173. The normalized spacial score (nSPS) is 23.2. The molecule has 20 heavy (non-hydrogen) atoms. The Morgan fingerprint density at radius 1 is 1.45 bits per heavy atom. The molecular weight excluding hydrogens is 255 g/mol. The molecule has 1 aromatic carbocycles. The van der Waals surface area contributed by atoms with Crippen LogP contribution < -0.4 is 15.0 Å². The summed E-state index contributed by atoms with van der Waals surface area (Å²) >= 11 is 0. The molecule has 4 heteroatoms. The second-order valence-electron chi connectivity index (χ2n) is 5.79. The first-order chi connectivity index (χ1) is 9.56. The van der Waals surface area contributed by atoms with Crippen molar-refractivity contribution in [1.29, 1.82) is 0 Å². The van der Waals surface area contributed by atoms with Crippen LogP contribution in [0.15, 0.2) is 18.2 Å².